The Morgan fingerprint density at radius 1 is 1.53 bits per heavy atom. The van der Waals surface area contributed by atoms with Crippen LogP contribution in [0.25, 0.3) is 0 Å². The van der Waals surface area contributed by atoms with E-state index in [9.17, 15) is 5.11 Å². The zero-order valence-corrected chi connectivity index (χ0v) is 10.1. The second-order valence-corrected chi connectivity index (χ2v) is 5.60. The summed E-state index contributed by atoms with van der Waals surface area (Å²) in [6.07, 6.45) is 1.82. The molecule has 0 bridgehead atoms. The maximum atomic E-state index is 10.2. The molecule has 0 spiro atoms. The molecule has 1 aromatic rings. The Bertz CT molecular complexity index is 307. The molecule has 0 aromatic carbocycles. The van der Waals surface area contributed by atoms with Crippen molar-refractivity contribution in [3.63, 3.8) is 0 Å². The minimum atomic E-state index is -0.331. The molecule has 15 heavy (non-hydrogen) atoms. The summed E-state index contributed by atoms with van der Waals surface area (Å²) in [5, 5.41) is 10.2. The minimum Gasteiger partial charge on any atom is -0.387 e. The third-order valence-corrected chi connectivity index (χ3v) is 4.34. The Labute approximate surface area is 94.9 Å². The molecular formula is C12H18O2S. The van der Waals surface area contributed by atoms with Crippen molar-refractivity contribution in [2.75, 3.05) is 13.2 Å². The van der Waals surface area contributed by atoms with Gasteiger partial charge in [-0.1, -0.05) is 0 Å². The van der Waals surface area contributed by atoms with Gasteiger partial charge in [-0.05, 0) is 38.3 Å². The molecule has 0 aliphatic carbocycles. The third kappa shape index (κ3) is 2.41. The number of aliphatic hydroxyl groups is 1. The zero-order chi connectivity index (χ0) is 10.8. The molecule has 1 aliphatic heterocycles. The second-order valence-electron chi connectivity index (χ2n) is 4.31. The highest BCUT2D eigenvalue weighted by Crippen LogP contribution is 2.34. The first-order chi connectivity index (χ1) is 7.18. The van der Waals surface area contributed by atoms with Gasteiger partial charge in [0, 0.05) is 22.3 Å². The summed E-state index contributed by atoms with van der Waals surface area (Å²) in [7, 11) is 0. The summed E-state index contributed by atoms with van der Waals surface area (Å²) >= 11 is 1.71. The molecule has 1 fully saturated rings. The van der Waals surface area contributed by atoms with Gasteiger partial charge in [0.25, 0.3) is 0 Å². The molecule has 2 unspecified atom stereocenters. The fraction of sp³-hybridized carbons (Fsp3) is 0.667. The lowest BCUT2D eigenvalue weighted by molar-refractivity contribution is -0.00864. The summed E-state index contributed by atoms with van der Waals surface area (Å²) in [5.41, 5.74) is 1.28. The van der Waals surface area contributed by atoms with Crippen molar-refractivity contribution in [1.82, 2.24) is 0 Å². The van der Waals surface area contributed by atoms with Crippen LogP contribution in [0.4, 0.5) is 0 Å². The Morgan fingerprint density at radius 3 is 2.87 bits per heavy atom. The molecule has 3 heteroatoms. The van der Waals surface area contributed by atoms with E-state index >= 15 is 0 Å². The minimum absolute atomic E-state index is 0.288. The molecule has 0 amide bonds. The molecule has 0 saturated carbocycles. The molecule has 84 valence electrons. The molecule has 1 N–H and O–H groups in total. The van der Waals surface area contributed by atoms with Gasteiger partial charge in [0.05, 0.1) is 12.7 Å². The van der Waals surface area contributed by atoms with E-state index in [1.165, 1.54) is 10.4 Å². The van der Waals surface area contributed by atoms with Gasteiger partial charge in [-0.2, -0.15) is 0 Å². The Kier molecular flexibility index (Phi) is 3.44. The van der Waals surface area contributed by atoms with Crippen molar-refractivity contribution >= 4 is 11.3 Å². The molecular weight excluding hydrogens is 208 g/mol. The van der Waals surface area contributed by atoms with Gasteiger partial charge in [-0.3, -0.25) is 0 Å². The van der Waals surface area contributed by atoms with Crippen LogP contribution in [0, 0.1) is 19.8 Å². The van der Waals surface area contributed by atoms with Gasteiger partial charge in [0.2, 0.25) is 0 Å². The Balaban J connectivity index is 2.08. The average molecular weight is 226 g/mol. The average Bonchev–Trinajstić information content (AvgIpc) is 2.59. The molecule has 2 heterocycles. The van der Waals surface area contributed by atoms with Crippen LogP contribution in [-0.4, -0.2) is 18.3 Å². The third-order valence-electron chi connectivity index (χ3n) is 3.12. The summed E-state index contributed by atoms with van der Waals surface area (Å²) in [5.74, 6) is 0.288. The normalized spacial score (nSPS) is 24.1. The summed E-state index contributed by atoms with van der Waals surface area (Å²) < 4.78 is 5.41. The van der Waals surface area contributed by atoms with Crippen molar-refractivity contribution in [2.45, 2.75) is 32.8 Å². The quantitative estimate of drug-likeness (QED) is 0.840. The fourth-order valence-electron chi connectivity index (χ4n) is 1.99. The van der Waals surface area contributed by atoms with Gasteiger partial charge < -0.3 is 9.84 Å². The van der Waals surface area contributed by atoms with Crippen molar-refractivity contribution in [1.29, 1.82) is 0 Å². The van der Waals surface area contributed by atoms with Crippen molar-refractivity contribution in [3.8, 4) is 0 Å². The van der Waals surface area contributed by atoms with Crippen molar-refractivity contribution in [3.05, 3.63) is 21.4 Å². The summed E-state index contributed by atoms with van der Waals surface area (Å²) in [4.78, 5) is 2.40. The first-order valence-corrected chi connectivity index (χ1v) is 6.33. The van der Waals surface area contributed by atoms with Crippen LogP contribution in [0.3, 0.4) is 0 Å². The van der Waals surface area contributed by atoms with Gasteiger partial charge >= 0.3 is 0 Å². The second kappa shape index (κ2) is 4.64. The van der Waals surface area contributed by atoms with Crippen LogP contribution in [0.1, 0.15) is 34.3 Å². The number of hydrogen-bond acceptors (Lipinski definition) is 3. The first-order valence-electron chi connectivity index (χ1n) is 5.51. The highest BCUT2D eigenvalue weighted by atomic mass is 32.1. The lowest BCUT2D eigenvalue weighted by Crippen LogP contribution is -2.23. The van der Waals surface area contributed by atoms with Gasteiger partial charge in [0.1, 0.15) is 0 Å². The predicted octanol–water partition coefficient (Wildman–Crippen LogP) is 2.82. The smallest absolute Gasteiger partial charge is 0.0932 e. The lowest BCUT2D eigenvalue weighted by atomic mass is 9.95. The van der Waals surface area contributed by atoms with E-state index in [0.29, 0.717) is 6.61 Å². The summed E-state index contributed by atoms with van der Waals surface area (Å²) in [6.45, 7) is 5.76. The van der Waals surface area contributed by atoms with Gasteiger partial charge in [-0.25, -0.2) is 0 Å². The Morgan fingerprint density at radius 2 is 2.33 bits per heavy atom. The van der Waals surface area contributed by atoms with Gasteiger partial charge in [-0.15, -0.1) is 11.3 Å². The zero-order valence-electron chi connectivity index (χ0n) is 9.32. The standard InChI is InChI=1S/C12H18O2S/c1-8-6-11(15-9(8)2)12(13)10-4-3-5-14-7-10/h6,10,12-13H,3-5,7H2,1-2H3. The van der Waals surface area contributed by atoms with E-state index < -0.39 is 0 Å². The highest BCUT2D eigenvalue weighted by Gasteiger charge is 2.25. The van der Waals surface area contributed by atoms with Crippen LogP contribution in [-0.2, 0) is 4.74 Å². The predicted molar refractivity (Wildman–Crippen MR) is 62.3 cm³/mol. The molecule has 0 radical (unpaired) electrons. The van der Waals surface area contributed by atoms with Crippen molar-refractivity contribution < 1.29 is 9.84 Å². The number of hydrogen-bond donors (Lipinski definition) is 1. The summed E-state index contributed by atoms with van der Waals surface area (Å²) in [6, 6.07) is 2.11. The van der Waals surface area contributed by atoms with E-state index in [1.54, 1.807) is 11.3 Å². The number of aliphatic hydroxyl groups excluding tert-OH is 1. The lowest BCUT2D eigenvalue weighted by Gasteiger charge is -2.25. The Hall–Kier alpha value is -0.380. The van der Waals surface area contributed by atoms with Crippen LogP contribution < -0.4 is 0 Å². The van der Waals surface area contributed by atoms with E-state index in [4.69, 9.17) is 4.74 Å². The van der Waals surface area contributed by atoms with E-state index in [0.717, 1.165) is 24.3 Å². The SMILES string of the molecule is Cc1cc(C(O)C2CCCOC2)sc1C. The van der Waals surface area contributed by atoms with E-state index in [2.05, 4.69) is 19.9 Å². The largest absolute Gasteiger partial charge is 0.387 e. The van der Waals surface area contributed by atoms with E-state index in [1.807, 2.05) is 0 Å². The van der Waals surface area contributed by atoms with Crippen molar-refractivity contribution in [2.24, 2.45) is 5.92 Å². The van der Waals surface area contributed by atoms with Crippen LogP contribution in [0.5, 0.6) is 0 Å². The van der Waals surface area contributed by atoms with Gasteiger partial charge in [0.15, 0.2) is 0 Å². The fourth-order valence-corrected chi connectivity index (χ4v) is 3.12. The number of ether oxygens (including phenoxy) is 1. The number of aryl methyl sites for hydroxylation is 2. The highest BCUT2D eigenvalue weighted by molar-refractivity contribution is 7.12. The molecule has 1 aromatic heterocycles. The maximum absolute atomic E-state index is 10.2. The molecule has 2 nitrogen and oxygen atoms in total. The molecule has 2 atom stereocenters. The topological polar surface area (TPSA) is 29.5 Å². The number of rotatable bonds is 2. The molecule has 1 aliphatic rings. The molecule has 1 saturated heterocycles. The first kappa shape index (κ1) is 11.1. The van der Waals surface area contributed by atoms with Crippen LogP contribution >= 0.6 is 11.3 Å². The number of thiophene rings is 1. The van der Waals surface area contributed by atoms with Crippen LogP contribution in [0.15, 0.2) is 6.07 Å². The molecule has 2 rings (SSSR count). The van der Waals surface area contributed by atoms with E-state index in [-0.39, 0.29) is 12.0 Å². The monoisotopic (exact) mass is 226 g/mol. The maximum Gasteiger partial charge on any atom is 0.0932 e. The van der Waals surface area contributed by atoms with Crippen LogP contribution in [0.2, 0.25) is 0 Å².